The molecule has 0 aliphatic heterocycles. The fourth-order valence-electron chi connectivity index (χ4n) is 1.98. The molecule has 0 nitrogen and oxygen atoms in total. The molecule has 0 aromatic heterocycles. The third kappa shape index (κ3) is 21.1. The Morgan fingerprint density at radius 2 is 1.04 bits per heavy atom. The van der Waals surface area contributed by atoms with Crippen LogP contribution in [0.15, 0.2) is 60.8 Å². The molecule has 23 heavy (non-hydrogen) atoms. The number of thioether (sulfide) groups is 1. The van der Waals surface area contributed by atoms with Crippen molar-refractivity contribution in [2.45, 2.75) is 65.2 Å². The first kappa shape index (κ1) is 22.1. The van der Waals surface area contributed by atoms with Crippen molar-refractivity contribution in [3.63, 3.8) is 0 Å². The van der Waals surface area contributed by atoms with Crippen LogP contribution >= 0.6 is 11.8 Å². The molecule has 0 spiro atoms. The van der Waals surface area contributed by atoms with Crippen LogP contribution in [0.2, 0.25) is 0 Å². The highest BCUT2D eigenvalue weighted by atomic mass is 32.2. The van der Waals surface area contributed by atoms with E-state index in [1.165, 1.54) is 30.8 Å². The summed E-state index contributed by atoms with van der Waals surface area (Å²) in [4.78, 5) is 0. The van der Waals surface area contributed by atoms with Gasteiger partial charge in [0, 0.05) is 0 Å². The quantitative estimate of drug-likeness (QED) is 0.219. The minimum absolute atomic E-state index is 1.05. The number of unbranched alkanes of at least 4 members (excludes halogenated alkanes) is 2. The highest BCUT2D eigenvalue weighted by Crippen LogP contribution is 2.06. The van der Waals surface area contributed by atoms with Gasteiger partial charge in [0.05, 0.1) is 0 Å². The second-order valence-electron chi connectivity index (χ2n) is 5.40. The Hall–Kier alpha value is -0.950. The van der Waals surface area contributed by atoms with Crippen molar-refractivity contribution in [2.24, 2.45) is 0 Å². The molecule has 0 heterocycles. The van der Waals surface area contributed by atoms with Crippen molar-refractivity contribution in [3.8, 4) is 0 Å². The largest absolute Gasteiger partial charge is 0.162 e. The second kappa shape index (κ2) is 21.0. The highest BCUT2D eigenvalue weighted by Gasteiger charge is 1.85. The molecule has 0 N–H and O–H groups in total. The molecule has 0 saturated heterocycles. The van der Waals surface area contributed by atoms with Crippen molar-refractivity contribution in [1.82, 2.24) is 0 Å². The molecule has 0 saturated carbocycles. The Morgan fingerprint density at radius 1 is 0.565 bits per heavy atom. The molecular weight excluding hydrogens is 296 g/mol. The molecule has 0 atom stereocenters. The third-order valence-corrected chi connectivity index (χ3v) is 4.26. The molecule has 0 amide bonds. The van der Waals surface area contributed by atoms with E-state index >= 15 is 0 Å². The summed E-state index contributed by atoms with van der Waals surface area (Å²) in [6, 6.07) is 0. The van der Waals surface area contributed by atoms with E-state index in [2.05, 4.69) is 74.6 Å². The SMILES string of the molecule is CC/C=C\C/C=C\C/C=C\C/C=C\C/C=C\CCCCSCC. The monoisotopic (exact) mass is 332 g/mol. The molecule has 0 fully saturated rings. The van der Waals surface area contributed by atoms with Crippen LogP contribution in [-0.4, -0.2) is 11.5 Å². The van der Waals surface area contributed by atoms with Gasteiger partial charge in [-0.3, -0.25) is 0 Å². The number of hydrogen-bond acceptors (Lipinski definition) is 1. The summed E-state index contributed by atoms with van der Waals surface area (Å²) in [5.74, 6) is 2.57. The molecule has 0 bridgehead atoms. The predicted molar refractivity (Wildman–Crippen MR) is 111 cm³/mol. The van der Waals surface area contributed by atoms with Gasteiger partial charge in [0.25, 0.3) is 0 Å². The number of rotatable bonds is 15. The Kier molecular flexibility index (Phi) is 20.2. The van der Waals surface area contributed by atoms with E-state index in [1.54, 1.807) is 0 Å². The van der Waals surface area contributed by atoms with Gasteiger partial charge in [-0.1, -0.05) is 74.6 Å². The van der Waals surface area contributed by atoms with E-state index in [9.17, 15) is 0 Å². The molecule has 0 aromatic carbocycles. The lowest BCUT2D eigenvalue weighted by atomic mass is 10.2. The normalized spacial score (nSPS) is 13.0. The number of allylic oxidation sites excluding steroid dienone is 10. The Morgan fingerprint density at radius 3 is 1.52 bits per heavy atom. The molecule has 0 unspecified atom stereocenters. The van der Waals surface area contributed by atoms with Crippen LogP contribution in [0.1, 0.15) is 65.2 Å². The predicted octanol–water partition coefficient (Wildman–Crippen LogP) is 7.66. The third-order valence-electron chi connectivity index (χ3n) is 3.27. The van der Waals surface area contributed by atoms with Crippen LogP contribution in [0.4, 0.5) is 0 Å². The summed E-state index contributed by atoms with van der Waals surface area (Å²) in [5, 5.41) is 0. The maximum atomic E-state index is 2.33. The van der Waals surface area contributed by atoms with Gasteiger partial charge in [0.15, 0.2) is 0 Å². The molecule has 0 radical (unpaired) electrons. The van der Waals surface area contributed by atoms with Crippen LogP contribution in [0.3, 0.4) is 0 Å². The van der Waals surface area contributed by atoms with Crippen LogP contribution in [0, 0.1) is 0 Å². The van der Waals surface area contributed by atoms with Gasteiger partial charge in [-0.2, -0.15) is 11.8 Å². The molecule has 1 heteroatoms. The zero-order valence-corrected chi connectivity index (χ0v) is 16.1. The van der Waals surface area contributed by atoms with Gasteiger partial charge in [0.1, 0.15) is 0 Å². The first-order valence-corrected chi connectivity index (χ1v) is 10.4. The summed E-state index contributed by atoms with van der Waals surface area (Å²) in [6.07, 6.45) is 31.8. The minimum atomic E-state index is 1.05. The first-order valence-electron chi connectivity index (χ1n) is 9.24. The van der Waals surface area contributed by atoms with Gasteiger partial charge in [-0.15, -0.1) is 0 Å². The van der Waals surface area contributed by atoms with Crippen molar-refractivity contribution in [1.29, 1.82) is 0 Å². The molecule has 0 aromatic rings. The smallest absolute Gasteiger partial charge is 0.00675 e. The van der Waals surface area contributed by atoms with E-state index in [-0.39, 0.29) is 0 Å². The topological polar surface area (TPSA) is 0 Å². The van der Waals surface area contributed by atoms with E-state index < -0.39 is 0 Å². The summed E-state index contributed by atoms with van der Waals surface area (Å²) in [6.45, 7) is 4.40. The lowest BCUT2D eigenvalue weighted by Crippen LogP contribution is -1.79. The summed E-state index contributed by atoms with van der Waals surface area (Å²) in [7, 11) is 0. The summed E-state index contributed by atoms with van der Waals surface area (Å²) in [5.41, 5.74) is 0. The fraction of sp³-hybridized carbons (Fsp3) is 0.545. The fourth-order valence-corrected chi connectivity index (χ4v) is 2.68. The lowest BCUT2D eigenvalue weighted by Gasteiger charge is -1.95. The lowest BCUT2D eigenvalue weighted by molar-refractivity contribution is 0.821. The zero-order valence-electron chi connectivity index (χ0n) is 15.3. The molecular formula is C22H36S. The Labute approximate surface area is 149 Å². The minimum Gasteiger partial charge on any atom is -0.162 e. The Bertz CT molecular complexity index is 358. The number of hydrogen-bond donors (Lipinski definition) is 0. The van der Waals surface area contributed by atoms with Crippen LogP contribution in [0.5, 0.6) is 0 Å². The van der Waals surface area contributed by atoms with Crippen LogP contribution < -0.4 is 0 Å². The summed E-state index contributed by atoms with van der Waals surface area (Å²) < 4.78 is 0. The van der Waals surface area contributed by atoms with E-state index in [1.807, 2.05) is 11.8 Å². The standard InChI is InChI=1S/C22H36S/c1-3-5-6-7-8-9-10-11-12-13-14-15-16-17-18-19-20-21-22-23-4-2/h5-6,8-9,11-12,14-15,17-18H,3-4,7,10,13,16,19-22H2,1-2H3/b6-5-,9-8-,12-11-,15-14-,18-17-. The maximum Gasteiger partial charge on any atom is -0.00675 e. The van der Waals surface area contributed by atoms with E-state index in [0.717, 1.165) is 32.1 Å². The van der Waals surface area contributed by atoms with Gasteiger partial charge in [-0.05, 0) is 62.9 Å². The van der Waals surface area contributed by atoms with Gasteiger partial charge in [-0.25, -0.2) is 0 Å². The Balaban J connectivity index is 3.39. The molecule has 0 rings (SSSR count). The van der Waals surface area contributed by atoms with Crippen molar-refractivity contribution < 1.29 is 0 Å². The zero-order chi connectivity index (χ0) is 16.8. The van der Waals surface area contributed by atoms with Crippen molar-refractivity contribution in [3.05, 3.63) is 60.8 Å². The molecule has 130 valence electrons. The van der Waals surface area contributed by atoms with Gasteiger partial charge >= 0.3 is 0 Å². The van der Waals surface area contributed by atoms with Gasteiger partial charge in [0.2, 0.25) is 0 Å². The molecule has 0 aliphatic carbocycles. The van der Waals surface area contributed by atoms with E-state index in [4.69, 9.17) is 0 Å². The summed E-state index contributed by atoms with van der Waals surface area (Å²) >= 11 is 2.05. The van der Waals surface area contributed by atoms with E-state index in [0.29, 0.717) is 0 Å². The maximum absolute atomic E-state index is 2.33. The van der Waals surface area contributed by atoms with Gasteiger partial charge < -0.3 is 0 Å². The second-order valence-corrected chi connectivity index (χ2v) is 6.79. The average Bonchev–Trinajstić information content (AvgIpc) is 2.57. The van der Waals surface area contributed by atoms with Crippen LogP contribution in [-0.2, 0) is 0 Å². The highest BCUT2D eigenvalue weighted by molar-refractivity contribution is 7.99. The van der Waals surface area contributed by atoms with Crippen molar-refractivity contribution in [2.75, 3.05) is 11.5 Å². The molecule has 0 aliphatic rings. The van der Waals surface area contributed by atoms with Crippen LogP contribution in [0.25, 0.3) is 0 Å². The van der Waals surface area contributed by atoms with Crippen molar-refractivity contribution >= 4 is 11.8 Å². The average molecular weight is 333 g/mol. The first-order chi connectivity index (χ1) is 11.4.